The Morgan fingerprint density at radius 1 is 1.02 bits per heavy atom. The fourth-order valence-corrected chi connectivity index (χ4v) is 8.53. The van der Waals surface area contributed by atoms with Gasteiger partial charge in [0.15, 0.2) is 5.60 Å². The molecule has 12 heteroatoms. The Bertz CT molecular complexity index is 1410. The summed E-state index contributed by atoms with van der Waals surface area (Å²) in [6.45, 7) is 12.2. The zero-order valence-electron chi connectivity index (χ0n) is 25.6. The van der Waals surface area contributed by atoms with Crippen molar-refractivity contribution in [2.75, 3.05) is 6.61 Å². The van der Waals surface area contributed by atoms with E-state index in [9.17, 15) is 29.4 Å². The highest BCUT2D eigenvalue weighted by Crippen LogP contribution is 2.70. The summed E-state index contributed by atoms with van der Waals surface area (Å²) in [4.78, 5) is 55.9. The first-order valence-corrected chi connectivity index (χ1v) is 14.6. The van der Waals surface area contributed by atoms with Crippen molar-refractivity contribution in [3.05, 3.63) is 54.4 Å². The number of allylic oxidation sites excluding steroid dienone is 2. The van der Waals surface area contributed by atoms with E-state index >= 15 is 0 Å². The van der Waals surface area contributed by atoms with Crippen molar-refractivity contribution < 1.29 is 53.1 Å². The fourth-order valence-electron chi connectivity index (χ4n) is 8.53. The minimum absolute atomic E-state index is 0.0886. The van der Waals surface area contributed by atoms with Crippen LogP contribution in [-0.2, 0) is 38.1 Å². The number of esters is 4. The summed E-state index contributed by atoms with van der Waals surface area (Å²) in [6, 6.07) is 3.05. The van der Waals surface area contributed by atoms with Crippen molar-refractivity contribution >= 4 is 23.9 Å². The zero-order valence-corrected chi connectivity index (χ0v) is 25.6. The van der Waals surface area contributed by atoms with Crippen molar-refractivity contribution in [3.8, 4) is 0 Å². The molecule has 0 aromatic carbocycles. The number of carbonyl (C=O) groups is 4. The number of fused-ring (bicyclic) bond motifs is 1. The van der Waals surface area contributed by atoms with Gasteiger partial charge in [0.05, 0.1) is 23.5 Å². The van der Waals surface area contributed by atoms with Crippen LogP contribution in [0, 0.1) is 29.1 Å². The number of ether oxygens (including phenoxy) is 5. The molecule has 3 heterocycles. The quantitative estimate of drug-likeness (QED) is 0.273. The van der Waals surface area contributed by atoms with Crippen LogP contribution >= 0.6 is 0 Å². The maximum atomic E-state index is 13.9. The number of nitrogens with zero attached hydrogens (tertiary/aromatic N) is 1. The largest absolute Gasteiger partial charge is 0.462 e. The SMILES string of the molecule is C=C(C)[C@@H]1C=C[C@H](OC(C)=O)[C@]23CO[C@](O)([C@@](C)(O)[C@H]12)[C@@]1(OC(C)=O)C[C@@H](C)[C@@H](OC(C)=O)[C@@H]1[C@H]3OC(=O)c1cccnc1. The summed E-state index contributed by atoms with van der Waals surface area (Å²) in [5, 5.41) is 25.4. The third-order valence-corrected chi connectivity index (χ3v) is 9.91. The molecule has 2 aliphatic heterocycles. The van der Waals surface area contributed by atoms with Crippen LogP contribution in [0.2, 0.25) is 0 Å². The van der Waals surface area contributed by atoms with Crippen LogP contribution in [-0.4, -0.2) is 81.0 Å². The van der Waals surface area contributed by atoms with E-state index in [1.165, 1.54) is 39.2 Å². The lowest BCUT2D eigenvalue weighted by Crippen LogP contribution is -2.77. The average molecular weight is 614 g/mol. The molecule has 238 valence electrons. The van der Waals surface area contributed by atoms with Gasteiger partial charge in [-0.15, -0.1) is 0 Å². The molecule has 5 aliphatic rings. The number of pyridine rings is 1. The van der Waals surface area contributed by atoms with Gasteiger partial charge >= 0.3 is 23.9 Å². The monoisotopic (exact) mass is 613 g/mol. The standard InChI is InChI=1S/C32H39NO11/c1-16(2)22-10-11-23(41-18(4)34)30-15-40-32(39,29(7,38)26(22)30)31(44-20(6)36)13-17(3)25(42-19(5)35)24(31)27(30)43-28(37)21-9-8-12-33-14-21/h8-12,14,17,22-27,38-39H,1,13,15H2,2-7H3/t17-,22+,23+,24-,25-,26+,27-,29+,30-,31-,32-/m1/s1. The van der Waals surface area contributed by atoms with Crippen LogP contribution < -0.4 is 0 Å². The molecule has 3 aliphatic carbocycles. The molecule has 0 unspecified atom stereocenters. The minimum atomic E-state index is -2.61. The second kappa shape index (κ2) is 10.8. The van der Waals surface area contributed by atoms with Gasteiger partial charge in [0.2, 0.25) is 5.79 Å². The van der Waals surface area contributed by atoms with Gasteiger partial charge in [-0.1, -0.05) is 25.2 Å². The van der Waals surface area contributed by atoms with E-state index in [1.807, 2.05) is 0 Å². The Kier molecular flexibility index (Phi) is 7.79. The van der Waals surface area contributed by atoms with Crippen molar-refractivity contribution in [3.63, 3.8) is 0 Å². The van der Waals surface area contributed by atoms with Crippen LogP contribution in [0.3, 0.4) is 0 Å². The lowest BCUT2D eigenvalue weighted by molar-refractivity contribution is -0.411. The predicted molar refractivity (Wildman–Crippen MR) is 151 cm³/mol. The fraction of sp³-hybridized carbons (Fsp3) is 0.594. The zero-order chi connectivity index (χ0) is 32.4. The normalized spacial score (nSPS) is 41.9. The summed E-state index contributed by atoms with van der Waals surface area (Å²) < 4.78 is 30.4. The second-order valence-corrected chi connectivity index (χ2v) is 12.8. The molecule has 44 heavy (non-hydrogen) atoms. The maximum absolute atomic E-state index is 13.9. The highest BCUT2D eigenvalue weighted by atomic mass is 16.7. The summed E-state index contributed by atoms with van der Waals surface area (Å²) in [5.41, 5.74) is -5.26. The third-order valence-electron chi connectivity index (χ3n) is 9.91. The molecule has 6 rings (SSSR count). The minimum Gasteiger partial charge on any atom is -0.462 e. The molecule has 2 bridgehead atoms. The van der Waals surface area contributed by atoms with E-state index < -0.39 is 94.9 Å². The molecule has 2 saturated heterocycles. The second-order valence-electron chi connectivity index (χ2n) is 12.8. The molecule has 12 nitrogen and oxygen atoms in total. The van der Waals surface area contributed by atoms with Gasteiger partial charge in [-0.25, -0.2) is 4.79 Å². The molecule has 0 amide bonds. The molecule has 1 aromatic rings. The van der Waals surface area contributed by atoms with E-state index in [0.29, 0.717) is 5.57 Å². The van der Waals surface area contributed by atoms with Gasteiger partial charge < -0.3 is 33.9 Å². The first kappa shape index (κ1) is 31.8. The average Bonchev–Trinajstić information content (AvgIpc) is 3.14. The molecule has 2 N–H and O–H groups in total. The Hall–Kier alpha value is -3.61. The van der Waals surface area contributed by atoms with Crippen molar-refractivity contribution in [2.24, 2.45) is 29.1 Å². The van der Waals surface area contributed by atoms with E-state index in [0.717, 1.165) is 6.92 Å². The first-order valence-electron chi connectivity index (χ1n) is 14.6. The van der Waals surface area contributed by atoms with Gasteiger partial charge in [-0.3, -0.25) is 19.4 Å². The van der Waals surface area contributed by atoms with Gasteiger partial charge in [-0.05, 0) is 44.4 Å². The van der Waals surface area contributed by atoms with Gasteiger partial charge in [0.1, 0.15) is 23.9 Å². The Morgan fingerprint density at radius 3 is 2.27 bits per heavy atom. The third kappa shape index (κ3) is 4.40. The Morgan fingerprint density at radius 2 is 1.70 bits per heavy atom. The van der Waals surface area contributed by atoms with E-state index in [1.54, 1.807) is 32.1 Å². The van der Waals surface area contributed by atoms with Gasteiger partial charge in [-0.2, -0.15) is 0 Å². The van der Waals surface area contributed by atoms with Crippen LogP contribution in [0.15, 0.2) is 48.8 Å². The highest BCUT2D eigenvalue weighted by Gasteiger charge is 2.86. The lowest BCUT2D eigenvalue weighted by Gasteiger charge is -2.62. The molecule has 1 aromatic heterocycles. The molecular formula is C32H39NO11. The summed E-state index contributed by atoms with van der Waals surface area (Å²) in [6.07, 6.45) is 2.35. The Labute approximate surface area is 255 Å². The van der Waals surface area contributed by atoms with Gasteiger partial charge in [0, 0.05) is 45.0 Å². The number of aliphatic hydroxyl groups is 2. The molecule has 0 radical (unpaired) electrons. The molecule has 4 fully saturated rings. The van der Waals surface area contributed by atoms with Crippen LogP contribution in [0.25, 0.3) is 0 Å². The topological polar surface area (TPSA) is 168 Å². The van der Waals surface area contributed by atoms with Crippen molar-refractivity contribution in [1.29, 1.82) is 0 Å². The van der Waals surface area contributed by atoms with E-state index in [2.05, 4.69) is 11.6 Å². The Balaban J connectivity index is 1.89. The number of aromatic nitrogens is 1. The van der Waals surface area contributed by atoms with Gasteiger partial charge in [0.25, 0.3) is 0 Å². The van der Waals surface area contributed by atoms with Crippen LogP contribution in [0.5, 0.6) is 0 Å². The first-order chi connectivity index (χ1) is 20.5. The van der Waals surface area contributed by atoms with Crippen LogP contribution in [0.1, 0.15) is 58.3 Å². The number of hydrogen-bond acceptors (Lipinski definition) is 12. The summed E-state index contributed by atoms with van der Waals surface area (Å²) in [5.74, 6) is -9.16. The molecule has 1 spiro atoms. The smallest absolute Gasteiger partial charge is 0.340 e. The molecule has 2 saturated carbocycles. The molecule has 11 atom stereocenters. The lowest BCUT2D eigenvalue weighted by atomic mass is 9.52. The number of rotatable bonds is 6. The van der Waals surface area contributed by atoms with E-state index in [4.69, 9.17) is 23.7 Å². The maximum Gasteiger partial charge on any atom is 0.340 e. The van der Waals surface area contributed by atoms with E-state index in [-0.39, 0.29) is 12.0 Å². The van der Waals surface area contributed by atoms with Crippen LogP contribution in [0.4, 0.5) is 0 Å². The predicted octanol–water partition coefficient (Wildman–Crippen LogP) is 2.28. The number of hydrogen-bond donors (Lipinski definition) is 2. The van der Waals surface area contributed by atoms with Crippen molar-refractivity contribution in [1.82, 2.24) is 4.98 Å². The summed E-state index contributed by atoms with van der Waals surface area (Å²) >= 11 is 0. The highest BCUT2D eigenvalue weighted by molar-refractivity contribution is 5.89. The number of carbonyl (C=O) groups excluding carboxylic acids is 4. The molecular weight excluding hydrogens is 574 g/mol. The van der Waals surface area contributed by atoms with Crippen molar-refractivity contribution in [2.45, 2.75) is 83.3 Å². The summed E-state index contributed by atoms with van der Waals surface area (Å²) in [7, 11) is 0.